The lowest BCUT2D eigenvalue weighted by Gasteiger charge is -2.30. The van der Waals surface area contributed by atoms with Gasteiger partial charge in [-0.05, 0) is 73.9 Å². The zero-order chi connectivity index (χ0) is 21.2. The molecule has 3 rings (SSSR count). The van der Waals surface area contributed by atoms with Crippen molar-refractivity contribution in [3.05, 3.63) is 52.0 Å². The second-order valence-corrected chi connectivity index (χ2v) is 10.8. The molecule has 1 amide bonds. The fraction of sp³-hybridized carbons (Fsp3) is 0.381. The predicted molar refractivity (Wildman–Crippen MR) is 122 cm³/mol. The Morgan fingerprint density at radius 1 is 1.17 bits per heavy atom. The van der Waals surface area contributed by atoms with Crippen molar-refractivity contribution in [2.75, 3.05) is 24.1 Å². The van der Waals surface area contributed by atoms with Crippen molar-refractivity contribution in [3.63, 3.8) is 0 Å². The predicted octanol–water partition coefficient (Wildman–Crippen LogP) is 5.15. The average molecular weight is 497 g/mol. The summed E-state index contributed by atoms with van der Waals surface area (Å²) in [4.78, 5) is 15.8. The number of hydrogen-bond donors (Lipinski definition) is 1. The Kier molecular flexibility index (Phi) is 6.96. The molecule has 1 saturated heterocycles. The Bertz CT molecular complexity index is 1020. The lowest BCUT2D eigenvalue weighted by molar-refractivity contribution is 0.0693. The summed E-state index contributed by atoms with van der Waals surface area (Å²) in [6.07, 6.45) is 3.84. The zero-order valence-electron chi connectivity index (χ0n) is 16.7. The highest BCUT2D eigenvalue weighted by Crippen LogP contribution is 2.28. The summed E-state index contributed by atoms with van der Waals surface area (Å²) in [5.74, 6) is 0.516. The van der Waals surface area contributed by atoms with Gasteiger partial charge in [0.15, 0.2) is 0 Å². The molecule has 1 fully saturated rings. The first-order chi connectivity index (χ1) is 13.7. The van der Waals surface area contributed by atoms with Crippen molar-refractivity contribution in [3.8, 4) is 0 Å². The molecule has 0 bridgehead atoms. The van der Waals surface area contributed by atoms with Gasteiger partial charge in [0, 0.05) is 28.1 Å². The SMILES string of the molecule is CSc1ccc(S(=O)(=O)Nc2ccc(Br)c(C)c2)cc1C(=O)N1CCC(C)CC1. The number of aryl methyl sites for hydroxylation is 1. The van der Waals surface area contributed by atoms with Crippen LogP contribution in [0.25, 0.3) is 0 Å². The van der Waals surface area contributed by atoms with Crippen molar-refractivity contribution in [1.82, 2.24) is 4.90 Å². The maximum atomic E-state index is 13.1. The normalized spacial score (nSPS) is 15.4. The minimum Gasteiger partial charge on any atom is -0.339 e. The summed E-state index contributed by atoms with van der Waals surface area (Å²) in [6, 6.07) is 10.0. The average Bonchev–Trinajstić information content (AvgIpc) is 2.70. The van der Waals surface area contributed by atoms with Crippen LogP contribution in [0.3, 0.4) is 0 Å². The first kappa shape index (κ1) is 22.2. The minimum absolute atomic E-state index is 0.0876. The standard InChI is InChI=1S/C21H25BrN2O3S2/c1-14-8-10-24(11-9-14)21(25)18-13-17(5-7-20(18)28-3)29(26,27)23-16-4-6-19(22)15(2)12-16/h4-7,12-14,23H,8-11H2,1-3H3. The van der Waals surface area contributed by atoms with Crippen LogP contribution in [0.2, 0.25) is 0 Å². The number of nitrogens with zero attached hydrogens (tertiary/aromatic N) is 1. The second kappa shape index (κ2) is 9.10. The van der Waals surface area contributed by atoms with Gasteiger partial charge in [0.1, 0.15) is 0 Å². The monoisotopic (exact) mass is 496 g/mol. The lowest BCUT2D eigenvalue weighted by Crippen LogP contribution is -2.38. The van der Waals surface area contributed by atoms with Gasteiger partial charge in [0.25, 0.3) is 15.9 Å². The molecule has 0 aliphatic carbocycles. The van der Waals surface area contributed by atoms with E-state index in [4.69, 9.17) is 0 Å². The summed E-state index contributed by atoms with van der Waals surface area (Å²) in [7, 11) is -3.81. The summed E-state index contributed by atoms with van der Waals surface area (Å²) >= 11 is 4.86. The van der Waals surface area contributed by atoms with E-state index < -0.39 is 10.0 Å². The quantitative estimate of drug-likeness (QED) is 0.581. The van der Waals surface area contributed by atoms with Crippen LogP contribution in [-0.2, 0) is 10.0 Å². The van der Waals surface area contributed by atoms with Crippen LogP contribution < -0.4 is 4.72 Å². The number of nitrogens with one attached hydrogen (secondary N) is 1. The smallest absolute Gasteiger partial charge is 0.261 e. The van der Waals surface area contributed by atoms with E-state index in [2.05, 4.69) is 27.6 Å². The van der Waals surface area contributed by atoms with Crippen LogP contribution >= 0.6 is 27.7 Å². The molecule has 0 spiro atoms. The van der Waals surface area contributed by atoms with Gasteiger partial charge in [-0.25, -0.2) is 8.42 Å². The number of sulfonamides is 1. The minimum atomic E-state index is -3.81. The largest absolute Gasteiger partial charge is 0.339 e. The van der Waals surface area contributed by atoms with E-state index in [1.165, 1.54) is 17.8 Å². The van der Waals surface area contributed by atoms with Gasteiger partial charge < -0.3 is 4.90 Å². The Hall–Kier alpha value is -1.51. The first-order valence-electron chi connectivity index (χ1n) is 9.47. The lowest BCUT2D eigenvalue weighted by atomic mass is 9.98. The fourth-order valence-electron chi connectivity index (χ4n) is 3.33. The van der Waals surface area contributed by atoms with Crippen molar-refractivity contribution in [2.24, 2.45) is 5.92 Å². The topological polar surface area (TPSA) is 66.5 Å². The molecule has 0 unspecified atom stereocenters. The number of carbonyl (C=O) groups excluding carboxylic acids is 1. The summed E-state index contributed by atoms with van der Waals surface area (Å²) in [5, 5.41) is 0. The first-order valence-corrected chi connectivity index (χ1v) is 13.0. The van der Waals surface area contributed by atoms with E-state index in [1.807, 2.05) is 18.1 Å². The molecule has 1 aliphatic heterocycles. The van der Waals surface area contributed by atoms with Gasteiger partial charge >= 0.3 is 0 Å². The molecule has 2 aromatic rings. The number of amides is 1. The summed E-state index contributed by atoms with van der Waals surface area (Å²) in [5.41, 5.74) is 1.86. The molecule has 0 aromatic heterocycles. The third-order valence-corrected chi connectivity index (χ3v) is 8.26. The van der Waals surface area contributed by atoms with Crippen LogP contribution in [0.15, 0.2) is 50.7 Å². The molecule has 29 heavy (non-hydrogen) atoms. The van der Waals surface area contributed by atoms with Gasteiger partial charge in [-0.15, -0.1) is 11.8 Å². The third kappa shape index (κ3) is 5.16. The van der Waals surface area contributed by atoms with Crippen LogP contribution in [-0.4, -0.2) is 38.6 Å². The molecule has 1 N–H and O–H groups in total. The number of benzene rings is 2. The molecule has 1 heterocycles. The molecule has 8 heteroatoms. The number of carbonyl (C=O) groups is 1. The molecular weight excluding hydrogens is 472 g/mol. The van der Waals surface area contributed by atoms with Crippen molar-refractivity contribution in [1.29, 1.82) is 0 Å². The number of likely N-dealkylation sites (tertiary alicyclic amines) is 1. The maximum absolute atomic E-state index is 13.1. The molecule has 1 aliphatic rings. The molecule has 5 nitrogen and oxygen atoms in total. The summed E-state index contributed by atoms with van der Waals surface area (Å²) in [6.45, 7) is 5.51. The highest BCUT2D eigenvalue weighted by molar-refractivity contribution is 9.10. The van der Waals surface area contributed by atoms with E-state index in [1.54, 1.807) is 30.3 Å². The van der Waals surface area contributed by atoms with Gasteiger partial charge in [-0.2, -0.15) is 0 Å². The fourth-order valence-corrected chi connectivity index (χ4v) is 5.22. The summed E-state index contributed by atoms with van der Waals surface area (Å²) < 4.78 is 29.4. The Morgan fingerprint density at radius 2 is 1.86 bits per heavy atom. The van der Waals surface area contributed by atoms with Gasteiger partial charge in [-0.3, -0.25) is 9.52 Å². The van der Waals surface area contributed by atoms with Crippen molar-refractivity contribution in [2.45, 2.75) is 36.5 Å². The third-order valence-electron chi connectivity index (χ3n) is 5.19. The highest BCUT2D eigenvalue weighted by Gasteiger charge is 2.25. The highest BCUT2D eigenvalue weighted by atomic mass is 79.9. The molecule has 2 aromatic carbocycles. The van der Waals surface area contributed by atoms with Gasteiger partial charge in [-0.1, -0.05) is 22.9 Å². The molecule has 156 valence electrons. The van der Waals surface area contributed by atoms with Gasteiger partial charge in [0.2, 0.25) is 0 Å². The number of rotatable bonds is 5. The molecular formula is C21H25BrN2O3S2. The number of anilines is 1. The molecule has 0 saturated carbocycles. The van der Waals surface area contributed by atoms with E-state index in [0.29, 0.717) is 30.3 Å². The van der Waals surface area contributed by atoms with Crippen molar-refractivity contribution >= 4 is 49.3 Å². The van der Waals surface area contributed by atoms with E-state index >= 15 is 0 Å². The van der Waals surface area contributed by atoms with Crippen LogP contribution in [0.4, 0.5) is 5.69 Å². The maximum Gasteiger partial charge on any atom is 0.261 e. The van der Waals surface area contributed by atoms with E-state index in [0.717, 1.165) is 27.8 Å². The Morgan fingerprint density at radius 3 is 2.48 bits per heavy atom. The molecule has 0 atom stereocenters. The number of hydrogen-bond acceptors (Lipinski definition) is 4. The number of halogens is 1. The number of piperidine rings is 1. The Balaban J connectivity index is 1.90. The van der Waals surface area contributed by atoms with Crippen LogP contribution in [0.1, 0.15) is 35.7 Å². The van der Waals surface area contributed by atoms with Gasteiger partial charge in [0.05, 0.1) is 10.5 Å². The van der Waals surface area contributed by atoms with Crippen LogP contribution in [0, 0.1) is 12.8 Å². The molecule has 0 radical (unpaired) electrons. The van der Waals surface area contributed by atoms with Crippen molar-refractivity contribution < 1.29 is 13.2 Å². The Labute approximate surface area is 185 Å². The van der Waals surface area contributed by atoms with E-state index in [9.17, 15) is 13.2 Å². The van der Waals surface area contributed by atoms with Crippen LogP contribution in [0.5, 0.6) is 0 Å². The number of thioether (sulfide) groups is 1. The van der Waals surface area contributed by atoms with E-state index in [-0.39, 0.29) is 10.8 Å². The zero-order valence-corrected chi connectivity index (χ0v) is 20.0. The second-order valence-electron chi connectivity index (χ2n) is 7.41.